The Hall–Kier alpha value is -1.60. The van der Waals surface area contributed by atoms with Crippen molar-refractivity contribution in [3.8, 4) is 11.1 Å². The van der Waals surface area contributed by atoms with Gasteiger partial charge in [0.1, 0.15) is 0 Å². The van der Waals surface area contributed by atoms with Gasteiger partial charge in [-0.3, -0.25) is 0 Å². The highest BCUT2D eigenvalue weighted by atomic mass is 28.3. The average molecular weight is 405 g/mol. The second-order valence-corrected chi connectivity index (χ2v) is 14.8. The maximum absolute atomic E-state index is 2.54. The van der Waals surface area contributed by atoms with E-state index < -0.39 is 8.80 Å². The van der Waals surface area contributed by atoms with E-state index in [0.29, 0.717) is 11.5 Å². The van der Waals surface area contributed by atoms with Gasteiger partial charge in [-0.25, -0.2) is 0 Å². The minimum atomic E-state index is -0.831. The van der Waals surface area contributed by atoms with Crippen molar-refractivity contribution >= 4 is 14.9 Å². The van der Waals surface area contributed by atoms with Crippen molar-refractivity contribution in [2.75, 3.05) is 0 Å². The molecule has 1 unspecified atom stereocenters. The first kappa shape index (κ1) is 22.1. The quantitative estimate of drug-likeness (QED) is 0.453. The van der Waals surface area contributed by atoms with Crippen LogP contribution in [0.2, 0.25) is 13.1 Å². The van der Waals surface area contributed by atoms with Crippen LogP contribution in [-0.4, -0.2) is 8.80 Å². The smallest absolute Gasteiger partial charge is 0.0440 e. The van der Waals surface area contributed by atoms with E-state index in [4.69, 9.17) is 0 Å². The molecule has 0 spiro atoms. The van der Waals surface area contributed by atoms with E-state index in [2.05, 4.69) is 111 Å². The van der Waals surface area contributed by atoms with E-state index in [-0.39, 0.29) is 10.8 Å². The highest BCUT2D eigenvalue weighted by Crippen LogP contribution is 2.45. The Morgan fingerprint density at radius 1 is 0.828 bits per heavy atom. The van der Waals surface area contributed by atoms with Gasteiger partial charge in [-0.2, -0.15) is 0 Å². The molecule has 1 heteroatoms. The summed E-state index contributed by atoms with van der Waals surface area (Å²) >= 11 is 0. The van der Waals surface area contributed by atoms with Crippen LogP contribution in [0.1, 0.15) is 83.2 Å². The molecule has 0 saturated carbocycles. The Bertz CT molecular complexity index is 898. The van der Waals surface area contributed by atoms with Crippen LogP contribution >= 0.6 is 0 Å². The van der Waals surface area contributed by atoms with Crippen molar-refractivity contribution < 1.29 is 0 Å². The summed E-state index contributed by atoms with van der Waals surface area (Å²) in [5, 5.41) is 0. The van der Waals surface area contributed by atoms with Crippen LogP contribution in [-0.2, 0) is 10.8 Å². The summed E-state index contributed by atoms with van der Waals surface area (Å²) in [6.45, 7) is 23.7. The molecule has 0 fully saturated rings. The van der Waals surface area contributed by atoms with Gasteiger partial charge in [-0.15, -0.1) is 0 Å². The molecule has 0 amide bonds. The Labute approximate surface area is 181 Å². The highest BCUT2D eigenvalue weighted by Gasteiger charge is 2.31. The van der Waals surface area contributed by atoms with Crippen LogP contribution in [0.25, 0.3) is 17.2 Å². The number of fused-ring (bicyclic) bond motifs is 1. The molecule has 2 aromatic rings. The molecule has 0 aliphatic heterocycles. The molecule has 0 heterocycles. The zero-order valence-corrected chi connectivity index (χ0v) is 21.4. The van der Waals surface area contributed by atoms with Crippen LogP contribution in [0.15, 0.2) is 42.0 Å². The molecule has 29 heavy (non-hydrogen) atoms. The summed E-state index contributed by atoms with van der Waals surface area (Å²) in [6, 6.07) is 14.3. The summed E-state index contributed by atoms with van der Waals surface area (Å²) in [4.78, 5) is 0. The third-order valence-electron chi connectivity index (χ3n) is 6.45. The molecule has 1 aliphatic rings. The second-order valence-electron chi connectivity index (χ2n) is 11.6. The summed E-state index contributed by atoms with van der Waals surface area (Å²) in [5.41, 5.74) is 11.3. The normalized spacial score (nSPS) is 17.1. The molecule has 0 saturated heterocycles. The van der Waals surface area contributed by atoms with E-state index in [1.807, 2.05) is 0 Å². The number of allylic oxidation sites excluding steroid dienone is 1. The van der Waals surface area contributed by atoms with Gasteiger partial charge in [0.05, 0.1) is 0 Å². The first-order chi connectivity index (χ1) is 13.3. The first-order valence-electron chi connectivity index (χ1n) is 11.3. The molecule has 0 aromatic heterocycles. The third-order valence-corrected chi connectivity index (χ3v) is 8.53. The van der Waals surface area contributed by atoms with Crippen molar-refractivity contribution in [3.05, 3.63) is 64.2 Å². The lowest BCUT2D eigenvalue weighted by molar-refractivity contribution is 0.569. The van der Waals surface area contributed by atoms with Gasteiger partial charge in [0.15, 0.2) is 0 Å². The minimum Gasteiger partial charge on any atom is -0.0714 e. The molecule has 2 aromatic carbocycles. The Morgan fingerprint density at radius 2 is 1.38 bits per heavy atom. The van der Waals surface area contributed by atoms with Crippen molar-refractivity contribution in [3.63, 3.8) is 0 Å². The third kappa shape index (κ3) is 4.31. The number of benzene rings is 2. The predicted molar refractivity (Wildman–Crippen MR) is 134 cm³/mol. The monoisotopic (exact) mass is 404 g/mol. The molecular formula is C28H40Si. The van der Waals surface area contributed by atoms with Crippen molar-refractivity contribution in [2.24, 2.45) is 5.92 Å². The highest BCUT2D eigenvalue weighted by molar-refractivity contribution is 6.58. The number of hydrogen-bond acceptors (Lipinski definition) is 0. The van der Waals surface area contributed by atoms with Crippen LogP contribution in [0.3, 0.4) is 0 Å². The fraction of sp³-hybridized carbons (Fsp3) is 0.500. The summed E-state index contributed by atoms with van der Waals surface area (Å²) in [6.07, 6.45) is 2.54. The lowest BCUT2D eigenvalue weighted by Gasteiger charge is -2.27. The SMILES string of the molecule is CC(C)C1=Cc2c(-c3cc(C(C)(C)C)cc(C(C)(C)C)c3)cccc2C1[SiH](C)C. The van der Waals surface area contributed by atoms with Gasteiger partial charge in [-0.05, 0) is 55.7 Å². The minimum absolute atomic E-state index is 0.139. The molecule has 0 radical (unpaired) electrons. The van der Waals surface area contributed by atoms with Gasteiger partial charge in [0.25, 0.3) is 0 Å². The summed E-state index contributed by atoms with van der Waals surface area (Å²) in [7, 11) is -0.831. The molecule has 1 atom stereocenters. The van der Waals surface area contributed by atoms with Gasteiger partial charge in [-0.1, -0.05) is 117 Å². The van der Waals surface area contributed by atoms with E-state index >= 15 is 0 Å². The lowest BCUT2D eigenvalue weighted by atomic mass is 9.78. The Balaban J connectivity index is 2.27. The molecule has 0 nitrogen and oxygen atoms in total. The maximum Gasteiger partial charge on any atom is 0.0440 e. The van der Waals surface area contributed by atoms with Gasteiger partial charge < -0.3 is 0 Å². The molecular weight excluding hydrogens is 364 g/mol. The summed E-state index contributed by atoms with van der Waals surface area (Å²) < 4.78 is 0. The molecule has 0 N–H and O–H groups in total. The fourth-order valence-electron chi connectivity index (χ4n) is 4.62. The van der Waals surface area contributed by atoms with E-state index in [1.54, 1.807) is 11.1 Å². The molecule has 0 bridgehead atoms. The molecule has 156 valence electrons. The zero-order valence-electron chi connectivity index (χ0n) is 20.3. The molecule has 3 rings (SSSR count). The predicted octanol–water partition coefficient (Wildman–Crippen LogP) is 8.11. The number of hydrogen-bond donors (Lipinski definition) is 0. The summed E-state index contributed by atoms with van der Waals surface area (Å²) in [5.74, 6) is 0.612. The van der Waals surface area contributed by atoms with E-state index in [9.17, 15) is 0 Å². The van der Waals surface area contributed by atoms with Crippen LogP contribution in [0, 0.1) is 5.92 Å². The second kappa shape index (κ2) is 7.58. The lowest BCUT2D eigenvalue weighted by Crippen LogP contribution is -2.18. The number of rotatable bonds is 3. The largest absolute Gasteiger partial charge is 0.0714 e. The fourth-order valence-corrected chi connectivity index (χ4v) is 6.88. The zero-order chi connectivity index (χ0) is 21.7. The van der Waals surface area contributed by atoms with Crippen molar-refractivity contribution in [1.29, 1.82) is 0 Å². The van der Waals surface area contributed by atoms with Crippen molar-refractivity contribution in [1.82, 2.24) is 0 Å². The Kier molecular flexibility index (Phi) is 5.77. The van der Waals surface area contributed by atoms with E-state index in [1.165, 1.54) is 27.8 Å². The van der Waals surface area contributed by atoms with Gasteiger partial charge in [0.2, 0.25) is 0 Å². The Morgan fingerprint density at radius 3 is 1.83 bits per heavy atom. The maximum atomic E-state index is 2.54. The van der Waals surface area contributed by atoms with E-state index in [0.717, 1.165) is 0 Å². The van der Waals surface area contributed by atoms with Gasteiger partial charge in [0, 0.05) is 8.80 Å². The van der Waals surface area contributed by atoms with Crippen LogP contribution in [0.4, 0.5) is 0 Å². The first-order valence-corrected chi connectivity index (χ1v) is 14.3. The molecule has 1 aliphatic carbocycles. The van der Waals surface area contributed by atoms with Crippen LogP contribution < -0.4 is 0 Å². The van der Waals surface area contributed by atoms with Crippen molar-refractivity contribution in [2.45, 2.75) is 84.9 Å². The topological polar surface area (TPSA) is 0 Å². The standard InChI is InChI=1S/C28H40Si/c1-18(2)24-17-25-22(12-11-13-23(25)26(24)29(9)10)19-14-20(27(3,4)5)16-21(15-19)28(6,7)8/h11-18,26,29H,1-10H3. The van der Waals surface area contributed by atoms with Gasteiger partial charge >= 0.3 is 0 Å². The average Bonchev–Trinajstić information content (AvgIpc) is 3.00. The van der Waals surface area contributed by atoms with Crippen LogP contribution in [0.5, 0.6) is 0 Å².